The minimum Gasteiger partial charge on any atom is -0.269 e. The number of hydrogen-bond acceptors (Lipinski definition) is 3. The molecule has 0 aliphatic carbocycles. The molecule has 7 heteroatoms. The smallest absolute Gasteiger partial charge is 0.269 e. The van der Waals surface area contributed by atoms with Crippen LogP contribution in [0.15, 0.2) is 35.4 Å². The van der Waals surface area contributed by atoms with E-state index in [2.05, 4.69) is 25.2 Å². The number of hydrogen-bond donors (Lipinski definition) is 2. The van der Waals surface area contributed by atoms with Gasteiger partial charge in [-0.25, -0.2) is 14.9 Å². The van der Waals surface area contributed by atoms with Gasteiger partial charge in [-0.15, -0.1) is 0 Å². The molecule has 2 aliphatic rings. The van der Waals surface area contributed by atoms with E-state index in [1.54, 1.807) is 23.0 Å². The van der Waals surface area contributed by atoms with Crippen molar-refractivity contribution in [2.75, 3.05) is 18.4 Å². The zero-order valence-electron chi connectivity index (χ0n) is 13.7. The molecule has 0 spiro atoms. The number of aryl methyl sites for hydroxylation is 1. The van der Waals surface area contributed by atoms with Crippen molar-refractivity contribution in [3.8, 4) is 0 Å². The molecule has 124 valence electrons. The Kier molecular flexibility index (Phi) is 3.76. The molecule has 4 rings (SSSR count). The predicted octanol–water partition coefficient (Wildman–Crippen LogP) is 1.06. The molecule has 0 saturated carbocycles. The van der Waals surface area contributed by atoms with Crippen LogP contribution in [0, 0.1) is 6.92 Å². The Morgan fingerprint density at radius 2 is 2.12 bits per heavy atom. The van der Waals surface area contributed by atoms with Crippen LogP contribution in [-0.4, -0.2) is 38.2 Å². The van der Waals surface area contributed by atoms with Gasteiger partial charge < -0.3 is 0 Å². The van der Waals surface area contributed by atoms with E-state index in [0.717, 1.165) is 24.6 Å². The molecule has 1 unspecified atom stereocenters. The summed E-state index contributed by atoms with van der Waals surface area (Å²) in [5, 5.41) is 6.78. The van der Waals surface area contributed by atoms with E-state index < -0.39 is 0 Å². The monoisotopic (exact) mass is 325 g/mol. The third kappa shape index (κ3) is 2.66. The SMILES string of the molecule is Cc1cc(=O)n2c(n1)NC(=[N+]1CCCCC1)NC2c1cccnc1. The zero-order valence-corrected chi connectivity index (χ0v) is 13.7. The van der Waals surface area contributed by atoms with Crippen LogP contribution >= 0.6 is 0 Å². The molecule has 2 aliphatic heterocycles. The maximum atomic E-state index is 12.6. The van der Waals surface area contributed by atoms with Crippen LogP contribution in [0.25, 0.3) is 0 Å². The second-order valence-corrected chi connectivity index (χ2v) is 6.28. The summed E-state index contributed by atoms with van der Waals surface area (Å²) in [6.07, 6.45) is 6.83. The number of rotatable bonds is 1. The molecule has 0 radical (unpaired) electrons. The molecule has 1 fully saturated rings. The lowest BCUT2D eigenvalue weighted by molar-refractivity contribution is -0.539. The van der Waals surface area contributed by atoms with Crippen LogP contribution in [0.1, 0.15) is 36.7 Å². The first-order valence-corrected chi connectivity index (χ1v) is 8.38. The first-order chi connectivity index (χ1) is 11.7. The average molecular weight is 325 g/mol. The summed E-state index contributed by atoms with van der Waals surface area (Å²) in [7, 11) is 0. The highest BCUT2D eigenvalue weighted by Crippen LogP contribution is 2.21. The lowest BCUT2D eigenvalue weighted by Crippen LogP contribution is -2.52. The number of nitrogens with one attached hydrogen (secondary N) is 2. The van der Waals surface area contributed by atoms with E-state index in [1.165, 1.54) is 19.3 Å². The number of fused-ring (bicyclic) bond motifs is 1. The van der Waals surface area contributed by atoms with Gasteiger partial charge in [-0.05, 0) is 32.3 Å². The summed E-state index contributed by atoms with van der Waals surface area (Å²) in [6, 6.07) is 5.41. The fourth-order valence-corrected chi connectivity index (χ4v) is 3.34. The van der Waals surface area contributed by atoms with Gasteiger partial charge in [0.05, 0.1) is 13.1 Å². The molecule has 0 bridgehead atoms. The fraction of sp³-hybridized carbons (Fsp3) is 0.412. The fourth-order valence-electron chi connectivity index (χ4n) is 3.34. The molecule has 2 N–H and O–H groups in total. The standard InChI is InChI=1S/C17H20N6O/c1-12-10-14(24)23-15(13-6-5-7-18-11-13)20-16(21-17(23)19-12)22-8-3-2-4-9-22/h5-7,10-11,15H,2-4,8-9H2,1H3,(H,19,20,21,24)/p+1. The highest BCUT2D eigenvalue weighted by atomic mass is 16.1. The van der Waals surface area contributed by atoms with Crippen LogP contribution in [-0.2, 0) is 0 Å². The maximum Gasteiger partial charge on any atom is 0.355 e. The van der Waals surface area contributed by atoms with Crippen molar-refractivity contribution in [1.82, 2.24) is 19.9 Å². The van der Waals surface area contributed by atoms with Gasteiger partial charge in [-0.3, -0.25) is 19.7 Å². The first-order valence-electron chi connectivity index (χ1n) is 8.38. The number of anilines is 1. The molecule has 0 aromatic carbocycles. The van der Waals surface area contributed by atoms with Crippen molar-refractivity contribution < 1.29 is 4.58 Å². The molecule has 1 atom stereocenters. The predicted molar refractivity (Wildman–Crippen MR) is 91.2 cm³/mol. The summed E-state index contributed by atoms with van der Waals surface area (Å²) >= 11 is 0. The molecule has 2 aromatic heterocycles. The van der Waals surface area contributed by atoms with Gasteiger partial charge in [-0.1, -0.05) is 6.07 Å². The van der Waals surface area contributed by atoms with Gasteiger partial charge >= 0.3 is 5.96 Å². The van der Waals surface area contributed by atoms with Crippen LogP contribution in [0.4, 0.5) is 5.95 Å². The number of guanidine groups is 1. The second kappa shape index (κ2) is 6.07. The summed E-state index contributed by atoms with van der Waals surface area (Å²) in [4.78, 5) is 21.3. The van der Waals surface area contributed by atoms with Crippen molar-refractivity contribution >= 4 is 11.9 Å². The van der Waals surface area contributed by atoms with Gasteiger partial charge in [0, 0.05) is 29.7 Å². The lowest BCUT2D eigenvalue weighted by Gasteiger charge is -2.28. The Hall–Kier alpha value is -2.70. The number of aromatic nitrogens is 3. The Balaban J connectivity index is 1.85. The van der Waals surface area contributed by atoms with Gasteiger partial charge in [-0.2, -0.15) is 0 Å². The topological polar surface area (TPSA) is 74.8 Å². The van der Waals surface area contributed by atoms with E-state index >= 15 is 0 Å². The molecular formula is C17H21N6O+. The highest BCUT2D eigenvalue weighted by molar-refractivity contribution is 5.90. The number of pyridine rings is 1. The third-order valence-electron chi connectivity index (χ3n) is 4.51. The highest BCUT2D eigenvalue weighted by Gasteiger charge is 2.33. The number of nitrogens with zero attached hydrogens (tertiary/aromatic N) is 4. The summed E-state index contributed by atoms with van der Waals surface area (Å²) < 4.78 is 3.95. The quantitative estimate of drug-likeness (QED) is 0.767. The molecule has 0 amide bonds. The van der Waals surface area contributed by atoms with Crippen molar-refractivity contribution in [2.45, 2.75) is 32.4 Å². The number of piperidine rings is 1. The van der Waals surface area contributed by atoms with Crippen molar-refractivity contribution in [3.05, 3.63) is 52.2 Å². The Morgan fingerprint density at radius 1 is 1.29 bits per heavy atom. The van der Waals surface area contributed by atoms with Gasteiger partial charge in [0.15, 0.2) is 6.17 Å². The van der Waals surface area contributed by atoms with E-state index in [-0.39, 0.29) is 11.7 Å². The maximum absolute atomic E-state index is 12.6. The molecule has 7 nitrogen and oxygen atoms in total. The minimum absolute atomic E-state index is 0.0796. The average Bonchev–Trinajstić information content (AvgIpc) is 2.62. The summed E-state index contributed by atoms with van der Waals surface area (Å²) in [5.74, 6) is 1.49. The summed E-state index contributed by atoms with van der Waals surface area (Å²) in [5.41, 5.74) is 1.56. The Bertz CT molecular complexity index is 834. The van der Waals surface area contributed by atoms with E-state index in [1.807, 2.05) is 19.1 Å². The largest absolute Gasteiger partial charge is 0.355 e. The van der Waals surface area contributed by atoms with Crippen LogP contribution in [0.5, 0.6) is 0 Å². The normalized spacial score (nSPS) is 20.1. The van der Waals surface area contributed by atoms with Crippen molar-refractivity contribution in [2.24, 2.45) is 0 Å². The molecule has 24 heavy (non-hydrogen) atoms. The third-order valence-corrected chi connectivity index (χ3v) is 4.51. The Morgan fingerprint density at radius 3 is 2.88 bits per heavy atom. The molecular weight excluding hydrogens is 304 g/mol. The first kappa shape index (κ1) is 14.9. The summed E-state index contributed by atoms with van der Waals surface area (Å²) in [6.45, 7) is 3.85. The lowest BCUT2D eigenvalue weighted by atomic mass is 10.1. The second-order valence-electron chi connectivity index (χ2n) is 6.28. The van der Waals surface area contributed by atoms with Crippen LogP contribution < -0.4 is 16.2 Å². The van der Waals surface area contributed by atoms with Crippen LogP contribution in [0.2, 0.25) is 0 Å². The minimum atomic E-state index is -0.313. The van der Waals surface area contributed by atoms with Gasteiger partial charge in [0.2, 0.25) is 0 Å². The molecule has 4 heterocycles. The molecule has 2 aromatic rings. The zero-order chi connectivity index (χ0) is 16.5. The van der Waals surface area contributed by atoms with E-state index in [9.17, 15) is 4.79 Å². The van der Waals surface area contributed by atoms with Crippen molar-refractivity contribution in [3.63, 3.8) is 0 Å². The van der Waals surface area contributed by atoms with E-state index in [0.29, 0.717) is 11.6 Å². The van der Waals surface area contributed by atoms with Crippen molar-refractivity contribution in [1.29, 1.82) is 0 Å². The molecule has 1 saturated heterocycles. The van der Waals surface area contributed by atoms with Gasteiger partial charge in [0.1, 0.15) is 0 Å². The van der Waals surface area contributed by atoms with E-state index in [4.69, 9.17) is 0 Å². The van der Waals surface area contributed by atoms with Gasteiger partial charge in [0.25, 0.3) is 11.5 Å². The van der Waals surface area contributed by atoms with Crippen LogP contribution in [0.3, 0.4) is 0 Å². The Labute approximate surface area is 140 Å².